The first kappa shape index (κ1) is 30.5. The van der Waals surface area contributed by atoms with Gasteiger partial charge >= 0.3 is 0 Å². The van der Waals surface area contributed by atoms with Gasteiger partial charge in [0.2, 0.25) is 16.3 Å². The SMILES string of the molecule is C1CCCCCCCCC1.ClC(Cl)(Cl)C(Cl)(Cl)C(Cl)(Cl)C(Cl)(Cl)C(Cl)(Cl)Cl. The highest BCUT2D eigenvalue weighted by molar-refractivity contribution is 6.83. The summed E-state index contributed by atoms with van der Waals surface area (Å²) >= 11 is 67.8. The van der Waals surface area contributed by atoms with Crippen LogP contribution in [0.3, 0.4) is 0 Å². The molecule has 0 atom stereocenters. The second-order valence-electron chi connectivity index (χ2n) is 6.25. The fourth-order valence-corrected chi connectivity index (χ4v) is 5.08. The van der Waals surface area contributed by atoms with Crippen molar-refractivity contribution in [2.24, 2.45) is 0 Å². The van der Waals surface area contributed by atoms with Gasteiger partial charge in [0.1, 0.15) is 0 Å². The maximum atomic E-state index is 5.82. The Morgan fingerprint density at radius 2 is 0.407 bits per heavy atom. The van der Waals surface area contributed by atoms with Crippen LogP contribution < -0.4 is 0 Å². The first-order valence-electron chi connectivity index (χ1n) is 8.27. The van der Waals surface area contributed by atoms with E-state index < -0.39 is 20.6 Å². The molecular weight excluding hydrogens is 606 g/mol. The Labute approximate surface area is 221 Å². The van der Waals surface area contributed by atoms with Crippen LogP contribution in [0.15, 0.2) is 0 Å². The molecular formula is C15H20Cl12. The Morgan fingerprint density at radius 3 is 0.519 bits per heavy atom. The minimum atomic E-state index is -2.53. The molecule has 0 aromatic heterocycles. The molecule has 0 heterocycles. The molecule has 0 aromatic rings. The summed E-state index contributed by atoms with van der Waals surface area (Å²) in [5, 5.41) is 0. The van der Waals surface area contributed by atoms with Crippen LogP contribution in [0, 0.1) is 0 Å². The minimum Gasteiger partial charge on any atom is -0.0945 e. The maximum absolute atomic E-state index is 5.82. The lowest BCUT2D eigenvalue weighted by atomic mass is 10.0. The Hall–Kier alpha value is 3.48. The van der Waals surface area contributed by atoms with Crippen molar-refractivity contribution in [3.05, 3.63) is 0 Å². The van der Waals surface area contributed by atoms with Crippen LogP contribution in [0.4, 0.5) is 0 Å². The van der Waals surface area contributed by atoms with Crippen molar-refractivity contribution in [1.29, 1.82) is 0 Å². The monoisotopic (exact) mass is 620 g/mol. The van der Waals surface area contributed by atoms with E-state index in [1.807, 2.05) is 0 Å². The van der Waals surface area contributed by atoms with E-state index in [-0.39, 0.29) is 0 Å². The molecule has 1 saturated carbocycles. The van der Waals surface area contributed by atoms with Gasteiger partial charge in [-0.05, 0) is 0 Å². The third-order valence-corrected chi connectivity index (χ3v) is 11.0. The van der Waals surface area contributed by atoms with Crippen molar-refractivity contribution >= 4 is 139 Å². The summed E-state index contributed by atoms with van der Waals surface area (Å²) in [6.07, 6.45) is 15.0. The molecule has 27 heavy (non-hydrogen) atoms. The van der Waals surface area contributed by atoms with Crippen LogP contribution in [-0.4, -0.2) is 20.6 Å². The van der Waals surface area contributed by atoms with E-state index in [1.54, 1.807) is 0 Å². The molecule has 0 radical (unpaired) electrons. The molecule has 1 aliphatic carbocycles. The van der Waals surface area contributed by atoms with Gasteiger partial charge in [0.05, 0.1) is 0 Å². The van der Waals surface area contributed by atoms with E-state index in [1.165, 1.54) is 64.2 Å². The summed E-state index contributed by atoms with van der Waals surface area (Å²) in [7, 11) is 0. The van der Waals surface area contributed by atoms with Gasteiger partial charge in [-0.15, -0.1) is 0 Å². The summed E-state index contributed by atoms with van der Waals surface area (Å²) in [6.45, 7) is 0. The topological polar surface area (TPSA) is 0 Å². The number of rotatable bonds is 2. The van der Waals surface area contributed by atoms with Gasteiger partial charge in [-0.2, -0.15) is 0 Å². The van der Waals surface area contributed by atoms with Crippen molar-refractivity contribution < 1.29 is 0 Å². The van der Waals surface area contributed by atoms with Gasteiger partial charge in [-0.1, -0.05) is 203 Å². The highest BCUT2D eigenvalue weighted by atomic mass is 35.6. The molecule has 164 valence electrons. The van der Waals surface area contributed by atoms with Crippen molar-refractivity contribution in [2.75, 3.05) is 0 Å². The average Bonchev–Trinajstić information content (AvgIpc) is 2.51. The van der Waals surface area contributed by atoms with Gasteiger partial charge < -0.3 is 0 Å². The van der Waals surface area contributed by atoms with Gasteiger partial charge in [0, 0.05) is 0 Å². The smallest absolute Gasteiger partial charge is 0.0945 e. The summed E-state index contributed by atoms with van der Waals surface area (Å²) in [5.41, 5.74) is 0. The largest absolute Gasteiger partial charge is 0.226 e. The van der Waals surface area contributed by atoms with Gasteiger partial charge in [0.25, 0.3) is 0 Å². The molecule has 0 nitrogen and oxygen atoms in total. The second kappa shape index (κ2) is 12.6. The fourth-order valence-electron chi connectivity index (χ4n) is 2.32. The molecule has 0 unspecified atom stereocenters. The van der Waals surface area contributed by atoms with E-state index in [0.29, 0.717) is 0 Å². The Morgan fingerprint density at radius 1 is 0.259 bits per heavy atom. The van der Waals surface area contributed by atoms with E-state index in [4.69, 9.17) is 139 Å². The summed E-state index contributed by atoms with van der Waals surface area (Å²) in [5.74, 6) is 0. The predicted molar refractivity (Wildman–Crippen MR) is 130 cm³/mol. The lowest BCUT2D eigenvalue weighted by Crippen LogP contribution is -2.60. The molecule has 1 fully saturated rings. The molecule has 12 heteroatoms. The molecule has 0 saturated heterocycles. The van der Waals surface area contributed by atoms with Gasteiger partial charge in [-0.25, -0.2) is 0 Å². The standard InChI is InChI=1S/C10H20.C5Cl12/c1-2-4-6-8-10-9-7-5-3-1;6-1(7,2(8,9)4(12,13)14)3(10,11)5(15,16)17/h1-10H2;. The van der Waals surface area contributed by atoms with Crippen LogP contribution in [0.5, 0.6) is 0 Å². The van der Waals surface area contributed by atoms with E-state index in [9.17, 15) is 0 Å². The highest BCUT2D eigenvalue weighted by Gasteiger charge is 2.73. The quantitative estimate of drug-likeness (QED) is 0.268. The van der Waals surface area contributed by atoms with Crippen LogP contribution in [0.25, 0.3) is 0 Å². The van der Waals surface area contributed by atoms with Crippen LogP contribution >= 0.6 is 139 Å². The van der Waals surface area contributed by atoms with Crippen molar-refractivity contribution in [3.63, 3.8) is 0 Å². The van der Waals surface area contributed by atoms with E-state index in [2.05, 4.69) is 0 Å². The lowest BCUT2D eigenvalue weighted by Gasteiger charge is -2.46. The number of halogens is 12. The summed E-state index contributed by atoms with van der Waals surface area (Å²) in [6, 6.07) is 0. The number of hydrogen-bond donors (Lipinski definition) is 0. The lowest BCUT2D eigenvalue weighted by molar-refractivity contribution is 0.504. The van der Waals surface area contributed by atoms with Crippen LogP contribution in [0.2, 0.25) is 0 Å². The second-order valence-corrected chi connectivity index (χ2v) is 14.8. The first-order chi connectivity index (χ1) is 12.0. The van der Waals surface area contributed by atoms with Crippen molar-refractivity contribution in [1.82, 2.24) is 0 Å². The molecule has 0 bridgehead atoms. The Bertz CT molecular complexity index is 360. The first-order valence-corrected chi connectivity index (χ1v) is 12.8. The zero-order chi connectivity index (χ0) is 21.6. The molecule has 0 amide bonds. The molecule has 0 aromatic carbocycles. The molecule has 0 spiro atoms. The fraction of sp³-hybridized carbons (Fsp3) is 1.00. The zero-order valence-electron chi connectivity index (χ0n) is 14.1. The van der Waals surface area contributed by atoms with Crippen molar-refractivity contribution in [3.8, 4) is 0 Å². The predicted octanol–water partition coefficient (Wildman–Crippen LogP) is 11.1. The maximum Gasteiger partial charge on any atom is 0.226 e. The summed E-state index contributed by atoms with van der Waals surface area (Å²) in [4.78, 5) is 0. The summed E-state index contributed by atoms with van der Waals surface area (Å²) < 4.78 is -12.2. The average molecular weight is 626 g/mol. The third kappa shape index (κ3) is 9.09. The molecule has 1 aliphatic rings. The normalized spacial score (nSPS) is 19.1. The van der Waals surface area contributed by atoms with Gasteiger partial charge in [0.15, 0.2) is 4.33 Å². The third-order valence-electron chi connectivity index (χ3n) is 4.00. The van der Waals surface area contributed by atoms with Crippen LogP contribution in [-0.2, 0) is 0 Å². The van der Waals surface area contributed by atoms with Crippen LogP contribution in [0.1, 0.15) is 64.2 Å². The molecule has 0 N–H and O–H groups in total. The van der Waals surface area contributed by atoms with E-state index >= 15 is 0 Å². The minimum absolute atomic E-state index is 1.50. The molecule has 1 rings (SSSR count). The Balaban J connectivity index is 0.000000569. The van der Waals surface area contributed by atoms with Gasteiger partial charge in [-0.3, -0.25) is 0 Å². The van der Waals surface area contributed by atoms with Crippen molar-refractivity contribution in [2.45, 2.75) is 84.8 Å². The number of hydrogen-bond acceptors (Lipinski definition) is 0. The number of alkyl halides is 12. The molecule has 0 aliphatic heterocycles. The highest BCUT2D eigenvalue weighted by Crippen LogP contribution is 2.66. The Kier molecular flexibility index (Phi) is 14.3. The van der Waals surface area contributed by atoms with E-state index in [0.717, 1.165) is 0 Å². The zero-order valence-corrected chi connectivity index (χ0v) is 23.2.